The van der Waals surface area contributed by atoms with E-state index in [2.05, 4.69) is 10.5 Å². The number of nitrogens with zero attached hydrogens (tertiary/aromatic N) is 1. The maximum atomic E-state index is 12.4. The average Bonchev–Trinajstić information content (AvgIpc) is 3.11. The fourth-order valence-corrected chi connectivity index (χ4v) is 2.71. The van der Waals surface area contributed by atoms with Crippen LogP contribution in [0.25, 0.3) is 0 Å². The third kappa shape index (κ3) is 5.22. The number of ether oxygens (including phenoxy) is 3. The van der Waals surface area contributed by atoms with Gasteiger partial charge in [-0.05, 0) is 49.7 Å². The Hall–Kier alpha value is -2.54. The van der Waals surface area contributed by atoms with Gasteiger partial charge in [-0.15, -0.1) is 0 Å². The topological polar surface area (TPSA) is 69.2 Å². The van der Waals surface area contributed by atoms with Crippen molar-refractivity contribution in [3.05, 3.63) is 40.1 Å². The smallest absolute Gasteiger partial charge is 0.271 e. The van der Waals surface area contributed by atoms with E-state index in [0.717, 1.165) is 5.56 Å². The number of carbonyl (C=O) groups is 1. The molecule has 0 spiro atoms. The zero-order chi connectivity index (χ0) is 18.1. The van der Waals surface area contributed by atoms with Crippen molar-refractivity contribution in [1.82, 2.24) is 5.43 Å². The molecule has 2 rings (SSSR count). The van der Waals surface area contributed by atoms with Crippen LogP contribution in [-0.2, 0) is 0 Å². The number of nitrogens with one attached hydrogen (secondary N) is 1. The van der Waals surface area contributed by atoms with Crippen LogP contribution in [0, 0.1) is 0 Å². The van der Waals surface area contributed by atoms with Crippen LogP contribution in [0.5, 0.6) is 17.2 Å². The SMILES string of the molecule is CCOc1cc(C(=O)N/N=C/c2ccsc2)cc(OCC)c1OCC. The highest BCUT2D eigenvalue weighted by Gasteiger charge is 2.18. The normalized spacial score (nSPS) is 10.7. The predicted molar refractivity (Wildman–Crippen MR) is 99.3 cm³/mol. The fourth-order valence-electron chi connectivity index (χ4n) is 2.10. The zero-order valence-corrected chi connectivity index (χ0v) is 15.4. The molecule has 6 nitrogen and oxygen atoms in total. The summed E-state index contributed by atoms with van der Waals surface area (Å²) >= 11 is 1.56. The number of amides is 1. The lowest BCUT2D eigenvalue weighted by Gasteiger charge is -2.16. The lowest BCUT2D eigenvalue weighted by molar-refractivity contribution is 0.0954. The molecule has 0 radical (unpaired) electrons. The highest BCUT2D eigenvalue weighted by Crippen LogP contribution is 2.39. The van der Waals surface area contributed by atoms with Gasteiger partial charge in [0, 0.05) is 11.1 Å². The largest absolute Gasteiger partial charge is 0.490 e. The molecule has 0 fully saturated rings. The first kappa shape index (κ1) is 18.8. The van der Waals surface area contributed by atoms with E-state index in [1.54, 1.807) is 29.7 Å². The Morgan fingerprint density at radius 2 is 1.76 bits per heavy atom. The average molecular weight is 362 g/mol. The number of carbonyl (C=O) groups excluding carboxylic acids is 1. The van der Waals surface area contributed by atoms with Crippen LogP contribution in [-0.4, -0.2) is 31.9 Å². The third-order valence-corrected chi connectivity index (χ3v) is 3.80. The standard InChI is InChI=1S/C18H22N2O4S/c1-4-22-15-9-14(10-16(23-5-2)17(15)24-6-3)18(21)20-19-11-13-7-8-25-12-13/h7-12H,4-6H2,1-3H3,(H,20,21)/b19-11+. The zero-order valence-electron chi connectivity index (χ0n) is 14.6. The summed E-state index contributed by atoms with van der Waals surface area (Å²) in [5.74, 6) is 1.10. The van der Waals surface area contributed by atoms with Crippen LogP contribution >= 0.6 is 11.3 Å². The molecule has 0 atom stereocenters. The molecule has 2 aromatic rings. The first-order valence-corrected chi connectivity index (χ1v) is 9.05. The molecule has 0 saturated carbocycles. The van der Waals surface area contributed by atoms with Crippen LogP contribution in [0.1, 0.15) is 36.7 Å². The van der Waals surface area contributed by atoms with Gasteiger partial charge < -0.3 is 14.2 Å². The summed E-state index contributed by atoms with van der Waals surface area (Å²) in [5.41, 5.74) is 3.83. The van der Waals surface area contributed by atoms with Crippen LogP contribution < -0.4 is 19.6 Å². The summed E-state index contributed by atoms with van der Waals surface area (Å²) in [4.78, 5) is 12.4. The van der Waals surface area contributed by atoms with Crippen molar-refractivity contribution in [2.45, 2.75) is 20.8 Å². The minimum absolute atomic E-state index is 0.351. The van der Waals surface area contributed by atoms with Gasteiger partial charge in [0.15, 0.2) is 11.5 Å². The molecule has 25 heavy (non-hydrogen) atoms. The Labute approximate surface area is 151 Å². The number of hydrogen-bond acceptors (Lipinski definition) is 6. The lowest BCUT2D eigenvalue weighted by atomic mass is 10.1. The maximum absolute atomic E-state index is 12.4. The van der Waals surface area contributed by atoms with Gasteiger partial charge in [-0.25, -0.2) is 5.43 Å². The van der Waals surface area contributed by atoms with Crippen molar-refractivity contribution in [1.29, 1.82) is 0 Å². The van der Waals surface area contributed by atoms with Gasteiger partial charge in [0.2, 0.25) is 5.75 Å². The quantitative estimate of drug-likeness (QED) is 0.545. The lowest BCUT2D eigenvalue weighted by Crippen LogP contribution is -2.18. The second kappa shape index (κ2) is 9.68. The summed E-state index contributed by atoms with van der Waals surface area (Å²) in [5, 5.41) is 7.85. The van der Waals surface area contributed by atoms with E-state index in [1.807, 2.05) is 37.6 Å². The second-order valence-corrected chi connectivity index (χ2v) is 5.64. The van der Waals surface area contributed by atoms with Gasteiger partial charge in [-0.3, -0.25) is 4.79 Å². The first-order chi connectivity index (χ1) is 12.2. The van der Waals surface area contributed by atoms with E-state index >= 15 is 0 Å². The van der Waals surface area contributed by atoms with Crippen LogP contribution in [0.3, 0.4) is 0 Å². The number of hydrazone groups is 1. The molecule has 1 aromatic heterocycles. The van der Waals surface area contributed by atoms with E-state index in [0.29, 0.717) is 42.6 Å². The molecule has 1 aromatic carbocycles. The van der Waals surface area contributed by atoms with E-state index in [-0.39, 0.29) is 5.91 Å². The van der Waals surface area contributed by atoms with Gasteiger partial charge in [0.25, 0.3) is 5.91 Å². The predicted octanol–water partition coefficient (Wildman–Crippen LogP) is 3.71. The first-order valence-electron chi connectivity index (χ1n) is 8.11. The second-order valence-electron chi connectivity index (χ2n) is 4.86. The Balaban J connectivity index is 2.24. The summed E-state index contributed by atoms with van der Waals surface area (Å²) in [6.45, 7) is 6.99. The molecule has 1 N–H and O–H groups in total. The minimum atomic E-state index is -0.351. The molecular weight excluding hydrogens is 340 g/mol. The monoisotopic (exact) mass is 362 g/mol. The number of benzene rings is 1. The fraction of sp³-hybridized carbons (Fsp3) is 0.333. The van der Waals surface area contributed by atoms with E-state index in [9.17, 15) is 4.79 Å². The number of hydrogen-bond donors (Lipinski definition) is 1. The van der Waals surface area contributed by atoms with Gasteiger partial charge in [-0.1, -0.05) is 0 Å². The van der Waals surface area contributed by atoms with Crippen molar-refractivity contribution in [3.63, 3.8) is 0 Å². The van der Waals surface area contributed by atoms with Crippen LogP contribution in [0.2, 0.25) is 0 Å². The van der Waals surface area contributed by atoms with Crippen LogP contribution in [0.15, 0.2) is 34.1 Å². The Bertz CT molecular complexity index is 687. The van der Waals surface area contributed by atoms with Crippen molar-refractivity contribution < 1.29 is 19.0 Å². The minimum Gasteiger partial charge on any atom is -0.490 e. The Morgan fingerprint density at radius 1 is 1.12 bits per heavy atom. The van der Waals surface area contributed by atoms with Crippen LogP contribution in [0.4, 0.5) is 0 Å². The molecular formula is C18H22N2O4S. The molecule has 0 bridgehead atoms. The van der Waals surface area contributed by atoms with Gasteiger partial charge in [0.05, 0.1) is 26.0 Å². The van der Waals surface area contributed by atoms with Crippen molar-refractivity contribution >= 4 is 23.5 Å². The molecule has 1 heterocycles. The van der Waals surface area contributed by atoms with E-state index < -0.39 is 0 Å². The molecule has 0 saturated heterocycles. The number of rotatable bonds is 9. The van der Waals surface area contributed by atoms with Crippen molar-refractivity contribution in [2.24, 2.45) is 5.10 Å². The summed E-state index contributed by atoms with van der Waals surface area (Å²) in [6, 6.07) is 5.18. The van der Waals surface area contributed by atoms with E-state index in [4.69, 9.17) is 14.2 Å². The highest BCUT2D eigenvalue weighted by atomic mass is 32.1. The molecule has 134 valence electrons. The van der Waals surface area contributed by atoms with Crippen molar-refractivity contribution in [2.75, 3.05) is 19.8 Å². The summed E-state index contributed by atoms with van der Waals surface area (Å²) in [7, 11) is 0. The molecule has 0 unspecified atom stereocenters. The maximum Gasteiger partial charge on any atom is 0.271 e. The summed E-state index contributed by atoms with van der Waals surface area (Å²) < 4.78 is 16.8. The summed E-state index contributed by atoms with van der Waals surface area (Å²) in [6.07, 6.45) is 1.59. The molecule has 1 amide bonds. The molecule has 0 aliphatic heterocycles. The van der Waals surface area contributed by atoms with Gasteiger partial charge in [-0.2, -0.15) is 16.4 Å². The molecule has 0 aliphatic rings. The third-order valence-electron chi connectivity index (χ3n) is 3.09. The van der Waals surface area contributed by atoms with Crippen molar-refractivity contribution in [3.8, 4) is 17.2 Å². The molecule has 0 aliphatic carbocycles. The Morgan fingerprint density at radius 3 is 2.28 bits per heavy atom. The highest BCUT2D eigenvalue weighted by molar-refractivity contribution is 7.08. The molecule has 7 heteroatoms. The number of thiophene rings is 1. The van der Waals surface area contributed by atoms with Gasteiger partial charge >= 0.3 is 0 Å². The van der Waals surface area contributed by atoms with Gasteiger partial charge in [0.1, 0.15) is 0 Å². The Kier molecular flexibility index (Phi) is 7.28. The van der Waals surface area contributed by atoms with E-state index in [1.165, 1.54) is 0 Å².